The van der Waals surface area contributed by atoms with Crippen LogP contribution in [0.25, 0.3) is 0 Å². The molecule has 1 amide bonds. The molecule has 32 heavy (non-hydrogen) atoms. The minimum Gasteiger partial charge on any atom is -0.352 e. The summed E-state index contributed by atoms with van der Waals surface area (Å²) in [4.78, 5) is 14.7. The van der Waals surface area contributed by atoms with E-state index in [0.717, 1.165) is 19.5 Å². The number of sulfonamides is 1. The van der Waals surface area contributed by atoms with Crippen molar-refractivity contribution in [3.05, 3.63) is 95.0 Å². The van der Waals surface area contributed by atoms with Crippen LogP contribution in [0.3, 0.4) is 0 Å². The molecule has 168 valence electrons. The van der Waals surface area contributed by atoms with Crippen molar-refractivity contribution in [2.45, 2.75) is 17.9 Å². The van der Waals surface area contributed by atoms with Crippen LogP contribution in [0.4, 0.5) is 5.69 Å². The number of nitrogens with one attached hydrogen (secondary N) is 2. The van der Waals surface area contributed by atoms with Crippen molar-refractivity contribution < 1.29 is 13.2 Å². The number of benzene rings is 3. The molecule has 0 fully saturated rings. The van der Waals surface area contributed by atoms with E-state index in [0.29, 0.717) is 11.6 Å². The summed E-state index contributed by atoms with van der Waals surface area (Å²) in [5, 5.41) is 3.15. The van der Waals surface area contributed by atoms with Gasteiger partial charge in [-0.3, -0.25) is 9.52 Å². The molecule has 0 spiro atoms. The molecule has 0 radical (unpaired) electrons. The van der Waals surface area contributed by atoms with E-state index in [1.54, 1.807) is 36.4 Å². The van der Waals surface area contributed by atoms with Gasteiger partial charge in [-0.15, -0.1) is 0 Å². The molecular weight excluding hydrogens is 446 g/mol. The normalized spacial score (nSPS) is 11.3. The van der Waals surface area contributed by atoms with Crippen molar-refractivity contribution >= 4 is 33.2 Å². The second-order valence-electron chi connectivity index (χ2n) is 7.45. The van der Waals surface area contributed by atoms with E-state index >= 15 is 0 Å². The van der Waals surface area contributed by atoms with E-state index in [-0.39, 0.29) is 22.1 Å². The predicted molar refractivity (Wildman–Crippen MR) is 128 cm³/mol. The van der Waals surface area contributed by atoms with E-state index in [1.807, 2.05) is 25.2 Å². The third-order valence-corrected chi connectivity index (χ3v) is 6.51. The van der Waals surface area contributed by atoms with Crippen LogP contribution in [0.2, 0.25) is 5.02 Å². The van der Waals surface area contributed by atoms with Crippen molar-refractivity contribution in [3.8, 4) is 0 Å². The van der Waals surface area contributed by atoms with E-state index in [2.05, 4.69) is 27.1 Å². The maximum atomic E-state index is 12.7. The number of nitrogens with zero attached hydrogens (tertiary/aromatic N) is 1. The average Bonchev–Trinajstić information content (AvgIpc) is 2.79. The fraction of sp³-hybridized carbons (Fsp3) is 0.208. The molecule has 0 bridgehead atoms. The summed E-state index contributed by atoms with van der Waals surface area (Å²) >= 11 is 6.04. The molecule has 0 aliphatic heterocycles. The van der Waals surface area contributed by atoms with Gasteiger partial charge in [-0.2, -0.15) is 0 Å². The number of para-hydroxylation sites is 1. The number of hydrogen-bond acceptors (Lipinski definition) is 4. The molecule has 0 heterocycles. The standard InChI is InChI=1S/C24H26ClN3O3S/c1-28(18-19-9-3-2-4-10-19)16-8-15-26-24(29)20-11-7-12-21(17-20)32(30,31)27-23-14-6-5-13-22(23)25/h2-7,9-14,17,27H,8,15-16,18H2,1H3,(H,26,29). The zero-order valence-electron chi connectivity index (χ0n) is 17.8. The van der Waals surface area contributed by atoms with Crippen LogP contribution in [-0.2, 0) is 16.6 Å². The first-order valence-electron chi connectivity index (χ1n) is 10.2. The largest absolute Gasteiger partial charge is 0.352 e. The smallest absolute Gasteiger partial charge is 0.261 e. The minimum atomic E-state index is -3.88. The quantitative estimate of drug-likeness (QED) is 0.430. The maximum absolute atomic E-state index is 12.7. The summed E-state index contributed by atoms with van der Waals surface area (Å²) in [5.74, 6) is -0.314. The molecule has 3 aromatic carbocycles. The zero-order valence-corrected chi connectivity index (χ0v) is 19.4. The molecule has 2 N–H and O–H groups in total. The third-order valence-electron chi connectivity index (χ3n) is 4.82. The van der Waals surface area contributed by atoms with Gasteiger partial charge in [0.1, 0.15) is 0 Å². The second kappa shape index (κ2) is 11.1. The van der Waals surface area contributed by atoms with Crippen LogP contribution in [0, 0.1) is 0 Å². The molecule has 0 aliphatic rings. The lowest BCUT2D eigenvalue weighted by Gasteiger charge is -2.16. The van der Waals surface area contributed by atoms with Crippen LogP contribution >= 0.6 is 11.6 Å². The summed E-state index contributed by atoms with van der Waals surface area (Å²) in [6, 6.07) is 22.7. The van der Waals surface area contributed by atoms with Gasteiger partial charge in [0.2, 0.25) is 0 Å². The Kier molecular flexibility index (Phi) is 8.27. The molecule has 6 nitrogen and oxygen atoms in total. The van der Waals surface area contributed by atoms with Crippen LogP contribution < -0.4 is 10.0 Å². The maximum Gasteiger partial charge on any atom is 0.261 e. The lowest BCUT2D eigenvalue weighted by atomic mass is 10.2. The minimum absolute atomic E-state index is 0.00679. The first-order valence-corrected chi connectivity index (χ1v) is 12.1. The molecule has 0 atom stereocenters. The van der Waals surface area contributed by atoms with Gasteiger partial charge >= 0.3 is 0 Å². The summed E-state index contributed by atoms with van der Waals surface area (Å²) in [5.41, 5.74) is 1.80. The molecule has 0 saturated carbocycles. The highest BCUT2D eigenvalue weighted by Gasteiger charge is 2.17. The molecular formula is C24H26ClN3O3S. The van der Waals surface area contributed by atoms with Crippen molar-refractivity contribution in [1.29, 1.82) is 0 Å². The molecule has 0 aliphatic carbocycles. The van der Waals surface area contributed by atoms with Gasteiger partial charge in [0.15, 0.2) is 0 Å². The van der Waals surface area contributed by atoms with Gasteiger partial charge in [0, 0.05) is 18.7 Å². The first kappa shape index (κ1) is 23.8. The Hall–Kier alpha value is -2.87. The molecule has 8 heteroatoms. The molecule has 0 unspecified atom stereocenters. The number of halogens is 1. The van der Waals surface area contributed by atoms with Gasteiger partial charge < -0.3 is 10.2 Å². The highest BCUT2D eigenvalue weighted by Crippen LogP contribution is 2.24. The molecule has 3 aromatic rings. The van der Waals surface area contributed by atoms with Gasteiger partial charge in [-0.25, -0.2) is 8.42 Å². The lowest BCUT2D eigenvalue weighted by molar-refractivity contribution is 0.0951. The highest BCUT2D eigenvalue weighted by atomic mass is 35.5. The van der Waals surface area contributed by atoms with Crippen molar-refractivity contribution in [3.63, 3.8) is 0 Å². The van der Waals surface area contributed by atoms with Gasteiger partial charge in [0.25, 0.3) is 15.9 Å². The molecule has 3 rings (SSSR count). The number of carbonyl (C=O) groups is 1. The Bertz CT molecular complexity index is 1150. The van der Waals surface area contributed by atoms with E-state index < -0.39 is 10.0 Å². The van der Waals surface area contributed by atoms with E-state index in [4.69, 9.17) is 11.6 Å². The number of hydrogen-bond donors (Lipinski definition) is 2. The predicted octanol–water partition coefficient (Wildman–Crippen LogP) is 4.39. The number of carbonyl (C=O) groups excluding carboxylic acids is 1. The van der Waals surface area contributed by atoms with Crippen molar-refractivity contribution in [1.82, 2.24) is 10.2 Å². The lowest BCUT2D eigenvalue weighted by Crippen LogP contribution is -2.28. The van der Waals surface area contributed by atoms with Crippen LogP contribution in [0.15, 0.2) is 83.8 Å². The fourth-order valence-corrected chi connectivity index (χ4v) is 4.54. The third kappa shape index (κ3) is 6.82. The summed E-state index contributed by atoms with van der Waals surface area (Å²) in [7, 11) is -1.84. The molecule has 0 aromatic heterocycles. The van der Waals surface area contributed by atoms with Crippen molar-refractivity contribution in [2.24, 2.45) is 0 Å². The van der Waals surface area contributed by atoms with Gasteiger partial charge in [-0.1, -0.05) is 60.1 Å². The SMILES string of the molecule is CN(CCCNC(=O)c1cccc(S(=O)(=O)Nc2ccccc2Cl)c1)Cc1ccccc1. The topological polar surface area (TPSA) is 78.5 Å². The van der Waals surface area contributed by atoms with Crippen LogP contribution in [-0.4, -0.2) is 39.4 Å². The Balaban J connectivity index is 1.53. The highest BCUT2D eigenvalue weighted by molar-refractivity contribution is 7.92. The summed E-state index contributed by atoms with van der Waals surface area (Å²) < 4.78 is 27.9. The zero-order chi connectivity index (χ0) is 23.0. The molecule has 0 saturated heterocycles. The Morgan fingerprint density at radius 1 is 0.969 bits per heavy atom. The second-order valence-corrected chi connectivity index (χ2v) is 9.54. The van der Waals surface area contributed by atoms with E-state index in [1.165, 1.54) is 17.7 Å². The van der Waals surface area contributed by atoms with Crippen LogP contribution in [0.5, 0.6) is 0 Å². The number of rotatable bonds is 10. The average molecular weight is 472 g/mol. The van der Waals surface area contributed by atoms with E-state index in [9.17, 15) is 13.2 Å². The van der Waals surface area contributed by atoms with Gasteiger partial charge in [-0.05, 0) is 55.9 Å². The summed E-state index contributed by atoms with van der Waals surface area (Å²) in [6.07, 6.45) is 0.779. The monoisotopic (exact) mass is 471 g/mol. The first-order chi connectivity index (χ1) is 15.3. The number of anilines is 1. The van der Waals surface area contributed by atoms with Crippen molar-refractivity contribution in [2.75, 3.05) is 24.9 Å². The Labute approximate surface area is 194 Å². The van der Waals surface area contributed by atoms with Crippen LogP contribution in [0.1, 0.15) is 22.3 Å². The number of amides is 1. The Morgan fingerprint density at radius 3 is 2.44 bits per heavy atom. The fourth-order valence-electron chi connectivity index (χ4n) is 3.18. The van der Waals surface area contributed by atoms with Gasteiger partial charge in [0.05, 0.1) is 15.6 Å². The summed E-state index contributed by atoms with van der Waals surface area (Å²) in [6.45, 7) is 2.16. The Morgan fingerprint density at radius 2 is 1.69 bits per heavy atom.